The van der Waals surface area contributed by atoms with E-state index in [1.807, 2.05) is 0 Å². The number of ether oxygens (including phenoxy) is 8. The second-order valence-electron chi connectivity index (χ2n) is 30.8. The van der Waals surface area contributed by atoms with Crippen molar-refractivity contribution in [2.45, 2.75) is 179 Å². The van der Waals surface area contributed by atoms with Gasteiger partial charge in [-0.2, -0.15) is 0 Å². The van der Waals surface area contributed by atoms with Crippen molar-refractivity contribution >= 4 is 59.6 Å². The molecule has 12 N–H and O–H groups in total. The van der Waals surface area contributed by atoms with Gasteiger partial charge < -0.3 is 99.2 Å². The summed E-state index contributed by atoms with van der Waals surface area (Å²) in [5, 5.41) is 132. The van der Waals surface area contributed by atoms with Gasteiger partial charge in [-0.1, -0.05) is 101 Å². The Morgan fingerprint density at radius 2 is 0.722 bits per heavy atom. The van der Waals surface area contributed by atoms with Crippen LogP contribution in [0.5, 0.6) is 0 Å². The third kappa shape index (κ3) is 12.5. The summed E-state index contributed by atoms with van der Waals surface area (Å²) in [5.74, 6) is -17.0. The van der Waals surface area contributed by atoms with Crippen LogP contribution in [0.2, 0.25) is 0 Å². The first-order chi connectivity index (χ1) is 50.6. The molecule has 0 unspecified atom stereocenters. The fourth-order valence-corrected chi connectivity index (χ4v) is 16.8. The minimum absolute atomic E-state index is 0.0877. The van der Waals surface area contributed by atoms with Crippen LogP contribution in [-0.4, -0.2) is 231 Å². The number of ketones is 4. The molecule has 0 amide bonds. The van der Waals surface area contributed by atoms with Crippen molar-refractivity contribution in [1.29, 1.82) is 0 Å². The van der Waals surface area contributed by atoms with Crippen molar-refractivity contribution in [1.82, 2.24) is 0 Å². The maximum Gasteiger partial charge on any atom is 0.346 e. The smallest absolute Gasteiger partial charge is 0.346 e. The molecule has 30 heteroatoms. The van der Waals surface area contributed by atoms with Crippen LogP contribution in [0.25, 0.3) is 0 Å². The highest BCUT2D eigenvalue weighted by molar-refractivity contribution is 6.29. The number of carbonyl (C=O) groups is 10. The Hall–Kier alpha value is -9.02. The Bertz CT molecular complexity index is 4100. The van der Waals surface area contributed by atoms with Gasteiger partial charge in [0.1, 0.15) is 107 Å². The molecule has 6 aliphatic heterocycles. The first kappa shape index (κ1) is 80.0. The van der Waals surface area contributed by atoms with Crippen LogP contribution in [0.4, 0.5) is 0 Å². The molecule has 8 bridgehead atoms. The number of Topliss-reactive ketones (excluding diaryl/α,β-unsaturated/α-hetero) is 4. The number of carbonyl (C=O) groups excluding carboxylic acids is 10. The third-order valence-electron chi connectivity index (χ3n) is 23.7. The Labute approximate surface area is 618 Å². The molecule has 11 aliphatic rings. The first-order valence-corrected chi connectivity index (χ1v) is 35.2. The quantitative estimate of drug-likeness (QED) is 0.0492. The number of fused-ring (bicyclic) bond motifs is 4. The fourth-order valence-electron chi connectivity index (χ4n) is 16.8. The first-order valence-electron chi connectivity index (χ1n) is 35.2. The third-order valence-corrected chi connectivity index (χ3v) is 23.7. The van der Waals surface area contributed by atoms with Gasteiger partial charge in [-0.25, -0.2) is 19.2 Å². The molecular formula is C78H88O30. The minimum atomic E-state index is -2.33. The molecule has 0 saturated carbocycles. The highest BCUT2D eigenvalue weighted by atomic mass is 16.7. The zero-order valence-electron chi connectivity index (χ0n) is 60.7. The SMILES string of the molecule is C/C1=C\C=C\[C@]2(C)C=C(CO[C@H]3O[C@@H](CO)[C@H](O)[C@@H](O)[C@@H]3O)[C@@H](C)C[C@@]23OC(=O)C(=C(O)/C=C/[C@]2(C)C=C(C=O)[C@@H](C)C[C@@]24OC(=O)C(=C(O)/C(C)=C/C=C/[C@]2(C)C=C(CO[C@H]5O[C@@H](CO)[C@H](O)[C@@H](O)[C@@H]5O)[C@H](C)C[C@@]25OC(=O)C(=C(O)/C=C/[C@]2(C)C=C(C=O)[C@H](C)C[C@@]26OC(=O)C(=C1O)C6=O)C5=O)C4=O)C3=O. The van der Waals surface area contributed by atoms with E-state index in [2.05, 4.69) is 0 Å². The Morgan fingerprint density at radius 3 is 1.04 bits per heavy atom. The maximum atomic E-state index is 15.5. The van der Waals surface area contributed by atoms with E-state index in [1.54, 1.807) is 27.7 Å². The van der Waals surface area contributed by atoms with Crippen LogP contribution >= 0.6 is 0 Å². The molecule has 11 rings (SSSR count). The van der Waals surface area contributed by atoms with E-state index in [0.717, 1.165) is 24.3 Å². The van der Waals surface area contributed by atoms with Crippen LogP contribution in [0, 0.1) is 45.3 Å². The molecule has 580 valence electrons. The van der Waals surface area contributed by atoms with E-state index in [4.69, 9.17) is 37.9 Å². The van der Waals surface area contributed by atoms with Gasteiger partial charge in [0.25, 0.3) is 0 Å². The van der Waals surface area contributed by atoms with Gasteiger partial charge in [-0.05, 0) is 111 Å². The van der Waals surface area contributed by atoms with E-state index in [-0.39, 0.29) is 35.1 Å². The number of hydrogen-bond acceptors (Lipinski definition) is 30. The highest BCUT2D eigenvalue weighted by Gasteiger charge is 2.69. The Kier molecular flexibility index (Phi) is 21.3. The Morgan fingerprint density at radius 1 is 0.426 bits per heavy atom. The average molecular weight is 1510 g/mol. The number of aldehydes is 2. The lowest BCUT2D eigenvalue weighted by Crippen LogP contribution is -2.59. The number of aliphatic hydroxyl groups excluding tert-OH is 12. The van der Waals surface area contributed by atoms with Crippen molar-refractivity contribution in [3.63, 3.8) is 0 Å². The molecule has 0 radical (unpaired) electrons. The van der Waals surface area contributed by atoms with Gasteiger partial charge in [0, 0.05) is 25.7 Å². The summed E-state index contributed by atoms with van der Waals surface area (Å²) in [5.41, 5.74) is -20.0. The number of rotatable bonds is 10. The monoisotopic (exact) mass is 1500 g/mol. The summed E-state index contributed by atoms with van der Waals surface area (Å²) in [6.07, 6.45) is -0.245. The van der Waals surface area contributed by atoms with Crippen LogP contribution in [0.1, 0.15) is 94.9 Å². The van der Waals surface area contributed by atoms with Crippen molar-refractivity contribution in [2.24, 2.45) is 45.3 Å². The van der Waals surface area contributed by atoms with Crippen molar-refractivity contribution in [2.75, 3.05) is 26.4 Å². The predicted molar refractivity (Wildman–Crippen MR) is 369 cm³/mol. The second kappa shape index (κ2) is 28.8. The molecule has 108 heavy (non-hydrogen) atoms. The predicted octanol–water partition coefficient (Wildman–Crippen LogP) is 2.75. The Balaban J connectivity index is 1.08. The molecule has 6 saturated heterocycles. The van der Waals surface area contributed by atoms with E-state index < -0.39 is 261 Å². The molecule has 6 heterocycles. The zero-order chi connectivity index (χ0) is 79.4. The van der Waals surface area contributed by atoms with Gasteiger partial charge in [0.15, 0.2) is 35.0 Å². The summed E-state index contributed by atoms with van der Waals surface area (Å²) < 4.78 is 47.4. The van der Waals surface area contributed by atoms with E-state index in [9.17, 15) is 90.0 Å². The van der Waals surface area contributed by atoms with Crippen molar-refractivity contribution in [3.8, 4) is 0 Å². The molecule has 5 aliphatic carbocycles. The zero-order valence-corrected chi connectivity index (χ0v) is 60.7. The number of hydrogen-bond donors (Lipinski definition) is 12. The second-order valence-corrected chi connectivity index (χ2v) is 30.8. The molecule has 30 nitrogen and oxygen atoms in total. The lowest BCUT2D eigenvalue weighted by atomic mass is 9.60. The lowest BCUT2D eigenvalue weighted by molar-refractivity contribution is -0.299. The normalized spacial score (nSPS) is 43.3. The van der Waals surface area contributed by atoms with E-state index in [1.165, 1.54) is 102 Å². The summed E-state index contributed by atoms with van der Waals surface area (Å²) >= 11 is 0. The number of aliphatic hydroxyl groups is 12. The number of allylic oxidation sites excluding steroid dienone is 10. The largest absolute Gasteiger partial charge is 0.507 e. The van der Waals surface area contributed by atoms with Gasteiger partial charge in [-0.15, -0.1) is 0 Å². The summed E-state index contributed by atoms with van der Waals surface area (Å²) in [4.78, 5) is 145. The van der Waals surface area contributed by atoms with Gasteiger partial charge >= 0.3 is 23.9 Å². The fraction of sp³-hybridized carbons (Fsp3) is 0.513. The standard InChI is InChI=1S/C78H88O30/c1-35-13-11-17-71(7)27-43(33-101-69-59(91)57(89)55(87)47(31-81)103-69)39(5)23-75(71)61(93)49(65(97)105-75)46(84)16-20-74(10)26-42(30-80)38(4)22-78(74)64(96)52(68(100)108-78)54(86)36(2)14-12-18-72(8)28-44(34-102-70-60(92)58(90)56(88)48(32-82)104-70)40(6)24-76(72)62(94)50(66(98)106-76)45(83)15-19-73(9)25-41(29-79)37(3)21-77(73)63(95)51(53(35)85)67(99)107-77/h11-20,25-30,37-40,47-48,55-60,69-70,81-92H,21-24,31-34H2,1-10H3/b17-11+,18-12+,19-15+,20-16+,35-13+,36-14+,49-46?,50-45?,53-51?,54-52?/t37-,38+,39+,40-,47-,48-,55-,56-,57+,58+,59-,60-,69-,70-,71+,72+,73+,74+,75-,76-,77-,78-/m0/s1. The van der Waals surface area contributed by atoms with Crippen LogP contribution in [-0.2, 0) is 85.8 Å². The van der Waals surface area contributed by atoms with Crippen molar-refractivity contribution in [3.05, 3.63) is 164 Å². The summed E-state index contributed by atoms with van der Waals surface area (Å²) in [7, 11) is 0. The molecule has 0 aromatic carbocycles. The van der Waals surface area contributed by atoms with Gasteiger partial charge in [-0.3, -0.25) is 28.8 Å². The van der Waals surface area contributed by atoms with E-state index in [0.29, 0.717) is 23.7 Å². The summed E-state index contributed by atoms with van der Waals surface area (Å²) in [6.45, 7) is 12.1. The van der Waals surface area contributed by atoms with Gasteiger partial charge in [0.05, 0.1) is 48.1 Å². The maximum absolute atomic E-state index is 15.5. The molecule has 0 aromatic heterocycles. The van der Waals surface area contributed by atoms with Crippen LogP contribution in [0.3, 0.4) is 0 Å². The van der Waals surface area contributed by atoms with E-state index >= 15 is 19.2 Å². The number of esters is 4. The molecule has 6 fully saturated rings. The molecule has 4 spiro atoms. The molecule has 0 aromatic rings. The highest BCUT2D eigenvalue weighted by Crippen LogP contribution is 2.58. The summed E-state index contributed by atoms with van der Waals surface area (Å²) in [6, 6.07) is 0. The van der Waals surface area contributed by atoms with Crippen molar-refractivity contribution < 1.29 is 147 Å². The van der Waals surface area contributed by atoms with Gasteiger partial charge in [0.2, 0.25) is 23.1 Å². The minimum Gasteiger partial charge on any atom is -0.507 e. The topological polar surface area (TPSA) is 487 Å². The van der Waals surface area contributed by atoms with Crippen LogP contribution < -0.4 is 0 Å². The molecule has 22 atom stereocenters. The lowest BCUT2D eigenvalue weighted by Gasteiger charge is -2.46. The average Bonchev–Trinajstić information content (AvgIpc) is 1.55. The molecular weight excluding hydrogens is 1420 g/mol. The van der Waals surface area contributed by atoms with Crippen LogP contribution in [0.15, 0.2) is 164 Å².